The number of phenolic OH excluding ortho intramolecular Hbond substituents is 1. The summed E-state index contributed by atoms with van der Waals surface area (Å²) in [7, 11) is 0. The normalized spacial score (nSPS) is 10.5. The van der Waals surface area contributed by atoms with Crippen molar-refractivity contribution in [3.05, 3.63) is 23.8 Å². The molecule has 0 atom stereocenters. The Morgan fingerprint density at radius 2 is 2.15 bits per heavy atom. The second-order valence-electron chi connectivity index (χ2n) is 5.16. The van der Waals surface area contributed by atoms with Crippen molar-refractivity contribution in [2.24, 2.45) is 0 Å². The van der Waals surface area contributed by atoms with Gasteiger partial charge in [-0.15, -0.1) is 0 Å². The van der Waals surface area contributed by atoms with Gasteiger partial charge >= 0.3 is 5.97 Å². The highest BCUT2D eigenvalue weighted by Gasteiger charge is 2.16. The average molecular weight is 275 g/mol. The van der Waals surface area contributed by atoms with Crippen LogP contribution in [-0.2, 0) is 9.53 Å². The molecule has 0 radical (unpaired) electrons. The van der Waals surface area contributed by atoms with Crippen LogP contribution in [0.3, 0.4) is 0 Å². The molecular formula is C14H17N3O3. The number of carbonyl (C=O) groups is 1. The molecule has 20 heavy (non-hydrogen) atoms. The third-order valence-electron chi connectivity index (χ3n) is 2.23. The Labute approximate surface area is 117 Å². The fraction of sp³-hybridized carbons (Fsp3) is 0.357. The number of ether oxygens (including phenoxy) is 1. The molecule has 0 spiro atoms. The van der Waals surface area contributed by atoms with Crippen LogP contribution in [0, 0.1) is 16.7 Å². The van der Waals surface area contributed by atoms with Gasteiger partial charge in [0.05, 0.1) is 0 Å². The average Bonchev–Trinajstić information content (AvgIpc) is 2.33. The first-order chi connectivity index (χ1) is 9.23. The highest BCUT2D eigenvalue weighted by molar-refractivity contribution is 6.13. The van der Waals surface area contributed by atoms with Gasteiger partial charge in [-0.2, -0.15) is 5.26 Å². The zero-order valence-electron chi connectivity index (χ0n) is 11.7. The van der Waals surface area contributed by atoms with Gasteiger partial charge < -0.3 is 15.2 Å². The summed E-state index contributed by atoms with van der Waals surface area (Å²) in [6.07, 6.45) is 0. The lowest BCUT2D eigenvalue weighted by atomic mass is 10.1. The largest absolute Gasteiger partial charge is 0.508 e. The molecule has 0 fully saturated rings. The third-order valence-corrected chi connectivity index (χ3v) is 2.23. The molecule has 6 nitrogen and oxygen atoms in total. The van der Waals surface area contributed by atoms with Crippen LogP contribution < -0.4 is 5.32 Å². The van der Waals surface area contributed by atoms with E-state index < -0.39 is 11.6 Å². The van der Waals surface area contributed by atoms with Crippen LogP contribution in [0.4, 0.5) is 5.69 Å². The number of aromatic hydroxyl groups is 1. The van der Waals surface area contributed by atoms with Crippen molar-refractivity contribution in [3.63, 3.8) is 0 Å². The number of benzene rings is 1. The highest BCUT2D eigenvalue weighted by Crippen LogP contribution is 2.22. The van der Waals surface area contributed by atoms with Gasteiger partial charge in [-0.1, -0.05) is 0 Å². The molecule has 1 aromatic rings. The summed E-state index contributed by atoms with van der Waals surface area (Å²) < 4.78 is 5.13. The molecule has 6 heteroatoms. The SMILES string of the molecule is CC(C)(C)OC(=O)CNc1cc(O)ccc1C(=N)C#N. The van der Waals surface area contributed by atoms with E-state index in [9.17, 15) is 9.90 Å². The van der Waals surface area contributed by atoms with Gasteiger partial charge in [-0.3, -0.25) is 10.2 Å². The summed E-state index contributed by atoms with van der Waals surface area (Å²) in [6.45, 7) is 5.16. The van der Waals surface area contributed by atoms with Crippen LogP contribution >= 0.6 is 0 Å². The minimum Gasteiger partial charge on any atom is -0.508 e. The van der Waals surface area contributed by atoms with Gasteiger partial charge in [-0.25, -0.2) is 0 Å². The highest BCUT2D eigenvalue weighted by atomic mass is 16.6. The smallest absolute Gasteiger partial charge is 0.325 e. The van der Waals surface area contributed by atoms with Crippen LogP contribution in [-0.4, -0.2) is 28.9 Å². The maximum atomic E-state index is 11.6. The van der Waals surface area contributed by atoms with Gasteiger partial charge in [0.15, 0.2) is 0 Å². The van der Waals surface area contributed by atoms with Crippen molar-refractivity contribution in [2.45, 2.75) is 26.4 Å². The predicted octanol–water partition coefficient (Wildman–Crippen LogP) is 2.04. The second-order valence-corrected chi connectivity index (χ2v) is 5.16. The van der Waals surface area contributed by atoms with Crippen LogP contribution in [0.15, 0.2) is 18.2 Å². The number of rotatable bonds is 4. The Hall–Kier alpha value is -2.55. The Kier molecular flexibility index (Phi) is 4.70. The summed E-state index contributed by atoms with van der Waals surface area (Å²) in [5.74, 6) is -0.485. The standard InChI is InChI=1S/C14H17N3O3/c1-14(2,3)20-13(19)8-17-12-6-9(18)4-5-10(12)11(16)7-15/h4-6,16-18H,8H2,1-3H3. The van der Waals surface area contributed by atoms with E-state index in [0.717, 1.165) is 0 Å². The molecular weight excluding hydrogens is 258 g/mol. The molecule has 0 amide bonds. The van der Waals surface area contributed by atoms with Crippen molar-refractivity contribution < 1.29 is 14.6 Å². The summed E-state index contributed by atoms with van der Waals surface area (Å²) in [5.41, 5.74) is -0.187. The Morgan fingerprint density at radius 1 is 1.50 bits per heavy atom. The summed E-state index contributed by atoms with van der Waals surface area (Å²) in [6, 6.07) is 5.88. The van der Waals surface area contributed by atoms with Gasteiger partial charge in [0.1, 0.15) is 29.7 Å². The number of carbonyl (C=O) groups excluding carboxylic acids is 1. The zero-order chi connectivity index (χ0) is 15.3. The van der Waals surface area contributed by atoms with Gasteiger partial charge in [0.25, 0.3) is 0 Å². The van der Waals surface area contributed by atoms with E-state index in [0.29, 0.717) is 11.3 Å². The lowest BCUT2D eigenvalue weighted by Crippen LogP contribution is -2.28. The minimum absolute atomic E-state index is 0.0221. The first-order valence-electron chi connectivity index (χ1n) is 6.00. The molecule has 0 saturated heterocycles. The fourth-order valence-electron chi connectivity index (χ4n) is 1.50. The number of nitrogens with zero attached hydrogens (tertiary/aromatic N) is 1. The molecule has 1 aromatic carbocycles. The van der Waals surface area contributed by atoms with Gasteiger partial charge in [-0.05, 0) is 32.9 Å². The summed E-state index contributed by atoms with van der Waals surface area (Å²) >= 11 is 0. The molecule has 0 aliphatic rings. The van der Waals surface area contributed by atoms with E-state index in [4.69, 9.17) is 15.4 Å². The monoisotopic (exact) mass is 275 g/mol. The minimum atomic E-state index is -0.584. The number of nitriles is 1. The topological polar surface area (TPSA) is 106 Å². The fourth-order valence-corrected chi connectivity index (χ4v) is 1.50. The molecule has 1 rings (SSSR count). The molecule has 0 heterocycles. The first-order valence-corrected chi connectivity index (χ1v) is 6.00. The molecule has 0 unspecified atom stereocenters. The number of nitrogens with one attached hydrogen (secondary N) is 2. The van der Waals surface area contributed by atoms with Crippen molar-refractivity contribution >= 4 is 17.4 Å². The lowest BCUT2D eigenvalue weighted by molar-refractivity contribution is -0.152. The van der Waals surface area contributed by atoms with Crippen LogP contribution in [0.1, 0.15) is 26.3 Å². The Bertz CT molecular complexity index is 568. The number of hydrogen-bond donors (Lipinski definition) is 3. The van der Waals surface area contributed by atoms with Crippen molar-refractivity contribution in [1.82, 2.24) is 0 Å². The van der Waals surface area contributed by atoms with Gasteiger partial charge in [0, 0.05) is 17.3 Å². The van der Waals surface area contributed by atoms with Crippen LogP contribution in [0.2, 0.25) is 0 Å². The van der Waals surface area contributed by atoms with E-state index in [2.05, 4.69) is 5.32 Å². The number of phenols is 1. The first kappa shape index (κ1) is 15.5. The molecule has 3 N–H and O–H groups in total. The van der Waals surface area contributed by atoms with Crippen LogP contribution in [0.25, 0.3) is 0 Å². The molecule has 0 aliphatic heterocycles. The lowest BCUT2D eigenvalue weighted by Gasteiger charge is -2.20. The molecule has 0 aliphatic carbocycles. The van der Waals surface area contributed by atoms with Crippen molar-refractivity contribution in [3.8, 4) is 11.8 Å². The van der Waals surface area contributed by atoms with Gasteiger partial charge in [0.2, 0.25) is 0 Å². The quantitative estimate of drug-likeness (QED) is 0.576. The molecule has 0 bridgehead atoms. The Morgan fingerprint density at radius 3 is 2.70 bits per heavy atom. The van der Waals surface area contributed by atoms with E-state index in [1.807, 2.05) is 0 Å². The maximum Gasteiger partial charge on any atom is 0.325 e. The predicted molar refractivity (Wildman–Crippen MR) is 74.9 cm³/mol. The maximum absolute atomic E-state index is 11.6. The van der Waals surface area contributed by atoms with E-state index in [1.165, 1.54) is 18.2 Å². The molecule has 106 valence electrons. The van der Waals surface area contributed by atoms with E-state index in [1.54, 1.807) is 26.8 Å². The van der Waals surface area contributed by atoms with E-state index >= 15 is 0 Å². The second kappa shape index (κ2) is 6.06. The van der Waals surface area contributed by atoms with Crippen LogP contribution in [0.5, 0.6) is 5.75 Å². The number of hydrogen-bond acceptors (Lipinski definition) is 6. The molecule has 0 aromatic heterocycles. The summed E-state index contributed by atoms with van der Waals surface area (Å²) in [4.78, 5) is 11.6. The summed E-state index contributed by atoms with van der Waals surface area (Å²) in [5, 5.41) is 28.5. The van der Waals surface area contributed by atoms with E-state index in [-0.39, 0.29) is 18.0 Å². The van der Waals surface area contributed by atoms with Crippen molar-refractivity contribution in [1.29, 1.82) is 10.7 Å². The number of esters is 1. The zero-order valence-corrected chi connectivity index (χ0v) is 11.7. The van der Waals surface area contributed by atoms with Crippen molar-refractivity contribution in [2.75, 3.05) is 11.9 Å². The Balaban J connectivity index is 2.82. The number of anilines is 1. The molecule has 0 saturated carbocycles. The third kappa shape index (κ3) is 4.61.